The fourth-order valence-electron chi connectivity index (χ4n) is 2.33. The maximum atomic E-state index is 13.0. The summed E-state index contributed by atoms with van der Waals surface area (Å²) in [6.07, 6.45) is -0.992. The van der Waals surface area contributed by atoms with E-state index in [2.05, 4.69) is 5.10 Å². The van der Waals surface area contributed by atoms with E-state index in [4.69, 9.17) is 4.74 Å². The quantitative estimate of drug-likeness (QED) is 0.736. The fraction of sp³-hybridized carbons (Fsp3) is 0.158. The van der Waals surface area contributed by atoms with E-state index in [1.165, 1.54) is 48.5 Å². The summed E-state index contributed by atoms with van der Waals surface area (Å²) in [4.78, 5) is 12.0. The van der Waals surface area contributed by atoms with Gasteiger partial charge < -0.3 is 9.84 Å². The number of hydrogen-bond acceptors (Lipinski definition) is 4. The second-order valence-electron chi connectivity index (χ2n) is 5.66. The van der Waals surface area contributed by atoms with Crippen molar-refractivity contribution in [1.82, 2.24) is 9.78 Å². The van der Waals surface area contributed by atoms with Crippen molar-refractivity contribution in [2.45, 2.75) is 12.6 Å². The van der Waals surface area contributed by atoms with Gasteiger partial charge in [0.05, 0.1) is 12.2 Å². The molecule has 134 valence electrons. The zero-order valence-corrected chi connectivity index (χ0v) is 13.7. The Morgan fingerprint density at radius 3 is 2.23 bits per heavy atom. The first-order valence-corrected chi connectivity index (χ1v) is 7.92. The third kappa shape index (κ3) is 4.52. The largest absolute Gasteiger partial charge is 0.491 e. The van der Waals surface area contributed by atoms with E-state index < -0.39 is 6.10 Å². The number of ether oxygens (including phenoxy) is 1. The monoisotopic (exact) mass is 358 g/mol. The molecule has 5 nitrogen and oxygen atoms in total. The molecule has 1 heterocycles. The van der Waals surface area contributed by atoms with Gasteiger partial charge in [-0.25, -0.2) is 13.5 Å². The number of aliphatic hydroxyl groups excluding tert-OH is 1. The minimum absolute atomic E-state index is 0.0743. The highest BCUT2D eigenvalue weighted by Crippen LogP contribution is 2.16. The van der Waals surface area contributed by atoms with E-state index >= 15 is 0 Å². The van der Waals surface area contributed by atoms with Crippen molar-refractivity contribution in [1.29, 1.82) is 0 Å². The Kier molecular flexibility index (Phi) is 5.38. The number of nitrogens with zero attached hydrogens (tertiary/aromatic N) is 2. The molecule has 0 aliphatic heterocycles. The summed E-state index contributed by atoms with van der Waals surface area (Å²) in [5, 5.41) is 14.3. The van der Waals surface area contributed by atoms with Crippen LogP contribution in [0.5, 0.6) is 5.75 Å². The summed E-state index contributed by atoms with van der Waals surface area (Å²) in [7, 11) is 0. The molecular weight excluding hydrogens is 342 g/mol. The molecule has 0 aliphatic rings. The van der Waals surface area contributed by atoms with Crippen molar-refractivity contribution in [3.63, 3.8) is 0 Å². The molecule has 0 fully saturated rings. The van der Waals surface area contributed by atoms with Gasteiger partial charge in [0.2, 0.25) is 0 Å². The number of rotatable bonds is 6. The molecule has 2 aromatic carbocycles. The minimum atomic E-state index is -0.992. The molecule has 1 unspecified atom stereocenters. The second-order valence-corrected chi connectivity index (χ2v) is 5.66. The maximum Gasteiger partial charge on any atom is 0.266 e. The van der Waals surface area contributed by atoms with Crippen LogP contribution in [-0.2, 0) is 6.54 Å². The molecule has 7 heteroatoms. The molecule has 3 aromatic rings. The molecule has 1 atom stereocenters. The highest BCUT2D eigenvalue weighted by molar-refractivity contribution is 5.57. The zero-order valence-electron chi connectivity index (χ0n) is 13.7. The van der Waals surface area contributed by atoms with Crippen LogP contribution in [0, 0.1) is 11.6 Å². The van der Waals surface area contributed by atoms with Crippen LogP contribution in [0.15, 0.2) is 65.5 Å². The molecule has 0 saturated heterocycles. The molecule has 0 saturated carbocycles. The highest BCUT2D eigenvalue weighted by Gasteiger charge is 2.10. The van der Waals surface area contributed by atoms with Gasteiger partial charge in [0.1, 0.15) is 30.1 Å². The van der Waals surface area contributed by atoms with Crippen molar-refractivity contribution >= 4 is 0 Å². The lowest BCUT2D eigenvalue weighted by Gasteiger charge is -2.14. The van der Waals surface area contributed by atoms with Crippen LogP contribution in [0.1, 0.15) is 0 Å². The van der Waals surface area contributed by atoms with Crippen LogP contribution >= 0.6 is 0 Å². The van der Waals surface area contributed by atoms with Crippen LogP contribution in [0.2, 0.25) is 0 Å². The van der Waals surface area contributed by atoms with Crippen LogP contribution in [0.4, 0.5) is 8.78 Å². The molecule has 1 N–H and O–H groups in total. The molecule has 0 spiro atoms. The highest BCUT2D eigenvalue weighted by atomic mass is 19.1. The molecule has 1 aromatic heterocycles. The van der Waals surface area contributed by atoms with Gasteiger partial charge in [-0.3, -0.25) is 4.79 Å². The SMILES string of the molecule is O=c1ccc(-c2ccc(F)cc2)nn1CC(O)COc1ccc(F)cc1. The van der Waals surface area contributed by atoms with Crippen LogP contribution < -0.4 is 10.3 Å². The van der Waals surface area contributed by atoms with Gasteiger partial charge in [0.25, 0.3) is 5.56 Å². The van der Waals surface area contributed by atoms with Gasteiger partial charge in [0, 0.05) is 11.6 Å². The summed E-state index contributed by atoms with van der Waals surface area (Å²) in [5.41, 5.74) is 0.755. The first kappa shape index (κ1) is 17.8. The number of aliphatic hydroxyl groups is 1. The molecule has 0 radical (unpaired) electrons. The average Bonchev–Trinajstić information content (AvgIpc) is 2.64. The fourth-order valence-corrected chi connectivity index (χ4v) is 2.33. The Morgan fingerprint density at radius 1 is 0.962 bits per heavy atom. The molecule has 0 amide bonds. The topological polar surface area (TPSA) is 64.4 Å². The second kappa shape index (κ2) is 7.88. The summed E-state index contributed by atoms with van der Waals surface area (Å²) < 4.78 is 32.4. The molecule has 0 aliphatic carbocycles. The van der Waals surface area contributed by atoms with Gasteiger partial charge in [-0.05, 0) is 54.6 Å². The van der Waals surface area contributed by atoms with E-state index in [0.29, 0.717) is 17.0 Å². The van der Waals surface area contributed by atoms with Gasteiger partial charge in [-0.2, -0.15) is 5.10 Å². The lowest BCUT2D eigenvalue weighted by Crippen LogP contribution is -2.31. The van der Waals surface area contributed by atoms with E-state index in [0.717, 1.165) is 4.68 Å². The Labute approximate surface area is 148 Å². The Bertz CT molecular complexity index is 925. The summed E-state index contributed by atoms with van der Waals surface area (Å²) in [6.45, 7) is -0.157. The predicted molar refractivity (Wildman–Crippen MR) is 91.8 cm³/mol. The smallest absolute Gasteiger partial charge is 0.266 e. The third-order valence-corrected chi connectivity index (χ3v) is 3.65. The lowest BCUT2D eigenvalue weighted by molar-refractivity contribution is 0.0880. The zero-order chi connectivity index (χ0) is 18.5. The van der Waals surface area contributed by atoms with Crippen molar-refractivity contribution in [3.05, 3.63) is 82.7 Å². The number of aromatic nitrogens is 2. The number of hydrogen-bond donors (Lipinski definition) is 1. The predicted octanol–water partition coefficient (Wildman–Crippen LogP) is 2.63. The lowest BCUT2D eigenvalue weighted by atomic mass is 10.1. The van der Waals surface area contributed by atoms with Crippen molar-refractivity contribution in [2.24, 2.45) is 0 Å². The van der Waals surface area contributed by atoms with E-state index in [9.17, 15) is 18.7 Å². The maximum absolute atomic E-state index is 13.0. The van der Waals surface area contributed by atoms with Crippen LogP contribution in [0.3, 0.4) is 0 Å². The average molecular weight is 358 g/mol. The Balaban J connectivity index is 1.68. The minimum Gasteiger partial charge on any atom is -0.491 e. The first-order chi connectivity index (χ1) is 12.5. The van der Waals surface area contributed by atoms with Crippen molar-refractivity contribution < 1.29 is 18.6 Å². The standard InChI is InChI=1S/C19H16F2N2O3/c20-14-3-1-13(2-4-14)18-9-10-19(25)23(22-18)11-16(24)12-26-17-7-5-15(21)6-8-17/h1-10,16,24H,11-12H2. The van der Waals surface area contributed by atoms with Gasteiger partial charge >= 0.3 is 0 Å². The molecule has 26 heavy (non-hydrogen) atoms. The Morgan fingerprint density at radius 2 is 1.58 bits per heavy atom. The Hall–Kier alpha value is -3.06. The molecular formula is C19H16F2N2O3. The molecule has 0 bridgehead atoms. The van der Waals surface area contributed by atoms with Crippen molar-refractivity contribution in [2.75, 3.05) is 6.61 Å². The first-order valence-electron chi connectivity index (χ1n) is 7.92. The van der Waals surface area contributed by atoms with Gasteiger partial charge in [0.15, 0.2) is 0 Å². The summed E-state index contributed by atoms with van der Waals surface area (Å²) in [5.74, 6) is -0.340. The number of halogens is 2. The molecule has 3 rings (SSSR count). The van der Waals surface area contributed by atoms with E-state index in [-0.39, 0.29) is 30.3 Å². The van der Waals surface area contributed by atoms with Gasteiger partial charge in [-0.1, -0.05) is 0 Å². The van der Waals surface area contributed by atoms with Gasteiger partial charge in [-0.15, -0.1) is 0 Å². The van der Waals surface area contributed by atoms with Crippen LogP contribution in [-0.4, -0.2) is 27.6 Å². The summed E-state index contributed by atoms with van der Waals surface area (Å²) in [6, 6.07) is 14.0. The van der Waals surface area contributed by atoms with Crippen molar-refractivity contribution in [3.8, 4) is 17.0 Å². The van der Waals surface area contributed by atoms with E-state index in [1.54, 1.807) is 12.1 Å². The number of benzene rings is 2. The van der Waals surface area contributed by atoms with E-state index in [1.807, 2.05) is 0 Å². The normalized spacial score (nSPS) is 12.0. The summed E-state index contributed by atoms with van der Waals surface area (Å²) >= 11 is 0. The third-order valence-electron chi connectivity index (χ3n) is 3.65. The van der Waals surface area contributed by atoms with Crippen LogP contribution in [0.25, 0.3) is 11.3 Å².